The fourth-order valence-electron chi connectivity index (χ4n) is 0.636. The summed E-state index contributed by atoms with van der Waals surface area (Å²) in [5.41, 5.74) is -0.486. The number of nitrogens with zero attached hydrogens (tertiary/aromatic N) is 1. The predicted octanol–water partition coefficient (Wildman–Crippen LogP) is 1.23. The van der Waals surface area contributed by atoms with E-state index in [2.05, 4.69) is 0 Å². The highest BCUT2D eigenvalue weighted by atomic mass is 16.6. The van der Waals surface area contributed by atoms with Crippen molar-refractivity contribution in [2.45, 2.75) is 39.3 Å². The first kappa shape index (κ1) is 12.2. The summed E-state index contributed by atoms with van der Waals surface area (Å²) in [7, 11) is 1.61. The molecule has 1 N–H and O–H groups in total. The monoisotopic (exact) mass is 189 g/mol. The molecule has 0 aliphatic rings. The van der Waals surface area contributed by atoms with Crippen LogP contribution in [0.3, 0.4) is 0 Å². The largest absolute Gasteiger partial charge is 0.444 e. The molecule has 4 heteroatoms. The minimum absolute atomic E-state index is 0.0598. The number of rotatable bonds is 2. The zero-order valence-electron chi connectivity index (χ0n) is 9.00. The van der Waals surface area contributed by atoms with Crippen molar-refractivity contribution in [1.29, 1.82) is 0 Å². The van der Waals surface area contributed by atoms with Crippen molar-refractivity contribution in [2.24, 2.45) is 0 Å². The molecular formula is C9H19NO3. The maximum absolute atomic E-state index is 11.4. The first-order valence-electron chi connectivity index (χ1n) is 4.34. The van der Waals surface area contributed by atoms with Gasteiger partial charge in [-0.1, -0.05) is 0 Å². The van der Waals surface area contributed by atoms with Crippen LogP contribution in [0.2, 0.25) is 0 Å². The van der Waals surface area contributed by atoms with Gasteiger partial charge >= 0.3 is 6.09 Å². The van der Waals surface area contributed by atoms with Crippen molar-refractivity contribution in [2.75, 3.05) is 13.7 Å². The van der Waals surface area contributed by atoms with Crippen LogP contribution in [0.15, 0.2) is 0 Å². The van der Waals surface area contributed by atoms with Gasteiger partial charge in [0.05, 0.1) is 12.6 Å². The van der Waals surface area contributed by atoms with Crippen LogP contribution in [0, 0.1) is 0 Å². The zero-order valence-corrected chi connectivity index (χ0v) is 9.00. The number of likely N-dealkylation sites (N-methyl/N-ethyl adjacent to an activating group) is 1. The van der Waals surface area contributed by atoms with Gasteiger partial charge in [0, 0.05) is 7.05 Å². The maximum Gasteiger partial charge on any atom is 0.410 e. The molecule has 0 fully saturated rings. The van der Waals surface area contributed by atoms with Crippen molar-refractivity contribution in [3.8, 4) is 0 Å². The van der Waals surface area contributed by atoms with Crippen molar-refractivity contribution < 1.29 is 14.6 Å². The second-order valence-electron chi connectivity index (χ2n) is 4.12. The minimum Gasteiger partial charge on any atom is -0.444 e. The summed E-state index contributed by atoms with van der Waals surface area (Å²) in [5.74, 6) is 0. The van der Waals surface area contributed by atoms with Crippen LogP contribution < -0.4 is 0 Å². The average molecular weight is 189 g/mol. The van der Waals surface area contributed by atoms with E-state index in [0.717, 1.165) is 0 Å². The highest BCUT2D eigenvalue weighted by molar-refractivity contribution is 5.68. The van der Waals surface area contributed by atoms with E-state index in [1.807, 2.05) is 20.8 Å². The van der Waals surface area contributed by atoms with E-state index in [-0.39, 0.29) is 12.6 Å². The summed E-state index contributed by atoms with van der Waals surface area (Å²) >= 11 is 0. The topological polar surface area (TPSA) is 49.8 Å². The highest BCUT2D eigenvalue weighted by Crippen LogP contribution is 2.10. The molecular weight excluding hydrogens is 170 g/mol. The SMILES string of the molecule is C[C@@H](CO)N(C)C(=O)OC(C)(C)C. The first-order chi connectivity index (χ1) is 5.78. The molecule has 0 aromatic carbocycles. The van der Waals surface area contributed by atoms with Crippen LogP contribution in [-0.2, 0) is 4.74 Å². The van der Waals surface area contributed by atoms with Crippen LogP contribution in [0.5, 0.6) is 0 Å². The third kappa shape index (κ3) is 4.72. The fraction of sp³-hybridized carbons (Fsp3) is 0.889. The van der Waals surface area contributed by atoms with Crippen molar-refractivity contribution in [3.05, 3.63) is 0 Å². The Morgan fingerprint density at radius 3 is 2.31 bits per heavy atom. The molecule has 0 aromatic rings. The molecule has 0 rings (SSSR count). The van der Waals surface area contributed by atoms with Crippen LogP contribution >= 0.6 is 0 Å². The second kappa shape index (κ2) is 4.46. The van der Waals surface area contributed by atoms with Crippen LogP contribution in [0.1, 0.15) is 27.7 Å². The van der Waals surface area contributed by atoms with Gasteiger partial charge in [0.25, 0.3) is 0 Å². The Balaban J connectivity index is 4.12. The molecule has 13 heavy (non-hydrogen) atoms. The third-order valence-corrected chi connectivity index (χ3v) is 1.61. The van der Waals surface area contributed by atoms with Gasteiger partial charge in [-0.05, 0) is 27.7 Å². The van der Waals surface area contributed by atoms with Gasteiger partial charge in [0.15, 0.2) is 0 Å². The van der Waals surface area contributed by atoms with E-state index in [9.17, 15) is 4.79 Å². The highest BCUT2D eigenvalue weighted by Gasteiger charge is 2.22. The Morgan fingerprint density at radius 1 is 1.54 bits per heavy atom. The molecule has 0 spiro atoms. The van der Waals surface area contributed by atoms with Crippen molar-refractivity contribution in [3.63, 3.8) is 0 Å². The number of aliphatic hydroxyl groups excluding tert-OH is 1. The van der Waals surface area contributed by atoms with Gasteiger partial charge in [-0.25, -0.2) is 4.79 Å². The van der Waals surface area contributed by atoms with Gasteiger partial charge in [-0.3, -0.25) is 0 Å². The molecule has 0 saturated heterocycles. The molecule has 78 valence electrons. The van der Waals surface area contributed by atoms with Gasteiger partial charge < -0.3 is 14.7 Å². The van der Waals surface area contributed by atoms with Gasteiger partial charge in [-0.2, -0.15) is 0 Å². The molecule has 0 bridgehead atoms. The number of hydrogen-bond donors (Lipinski definition) is 1. The zero-order chi connectivity index (χ0) is 10.6. The summed E-state index contributed by atoms with van der Waals surface area (Å²) in [6.07, 6.45) is -0.408. The van der Waals surface area contributed by atoms with E-state index in [0.29, 0.717) is 0 Å². The Bertz CT molecular complexity index is 174. The molecule has 0 radical (unpaired) electrons. The quantitative estimate of drug-likeness (QED) is 0.711. The lowest BCUT2D eigenvalue weighted by atomic mass is 10.2. The van der Waals surface area contributed by atoms with E-state index in [1.54, 1.807) is 14.0 Å². The number of ether oxygens (including phenoxy) is 1. The molecule has 1 atom stereocenters. The number of carbonyl (C=O) groups is 1. The number of carbonyl (C=O) groups excluding carboxylic acids is 1. The molecule has 0 aliphatic carbocycles. The minimum atomic E-state index is -0.486. The van der Waals surface area contributed by atoms with Crippen LogP contribution in [0.25, 0.3) is 0 Å². The second-order valence-corrected chi connectivity index (χ2v) is 4.12. The summed E-state index contributed by atoms with van der Waals surface area (Å²) in [6.45, 7) is 7.12. The summed E-state index contributed by atoms with van der Waals surface area (Å²) in [4.78, 5) is 12.7. The smallest absolute Gasteiger partial charge is 0.410 e. The Kier molecular flexibility index (Phi) is 4.20. The predicted molar refractivity (Wildman–Crippen MR) is 50.5 cm³/mol. The number of amides is 1. The third-order valence-electron chi connectivity index (χ3n) is 1.61. The summed E-state index contributed by atoms with van der Waals surface area (Å²) in [6, 6.07) is -0.213. The van der Waals surface area contributed by atoms with Gasteiger partial charge in [0.2, 0.25) is 0 Å². The lowest BCUT2D eigenvalue weighted by molar-refractivity contribution is 0.0183. The lowest BCUT2D eigenvalue weighted by Crippen LogP contribution is -2.40. The Morgan fingerprint density at radius 2 is 2.00 bits per heavy atom. The fourth-order valence-corrected chi connectivity index (χ4v) is 0.636. The molecule has 0 saturated carbocycles. The first-order valence-corrected chi connectivity index (χ1v) is 4.34. The normalized spacial score (nSPS) is 13.7. The van der Waals surface area contributed by atoms with Crippen molar-refractivity contribution >= 4 is 6.09 Å². The standard InChI is InChI=1S/C9H19NO3/c1-7(6-11)10(5)8(12)13-9(2,3)4/h7,11H,6H2,1-5H3/t7-/m0/s1. The van der Waals surface area contributed by atoms with E-state index in [4.69, 9.17) is 9.84 Å². The summed E-state index contributed by atoms with van der Waals surface area (Å²) in [5, 5.41) is 8.80. The van der Waals surface area contributed by atoms with Gasteiger partial charge in [-0.15, -0.1) is 0 Å². The van der Waals surface area contributed by atoms with Crippen LogP contribution in [0.4, 0.5) is 4.79 Å². The molecule has 0 aromatic heterocycles. The molecule has 1 amide bonds. The van der Waals surface area contributed by atoms with E-state index >= 15 is 0 Å². The molecule has 0 aliphatic heterocycles. The number of aliphatic hydroxyl groups is 1. The van der Waals surface area contributed by atoms with Crippen LogP contribution in [-0.4, -0.2) is 41.4 Å². The molecule has 4 nitrogen and oxygen atoms in total. The maximum atomic E-state index is 11.4. The van der Waals surface area contributed by atoms with E-state index in [1.165, 1.54) is 4.90 Å². The van der Waals surface area contributed by atoms with E-state index < -0.39 is 11.7 Å². The van der Waals surface area contributed by atoms with Gasteiger partial charge in [0.1, 0.15) is 5.60 Å². The molecule has 0 heterocycles. The average Bonchev–Trinajstić information content (AvgIpc) is 1.98. The van der Waals surface area contributed by atoms with Crippen molar-refractivity contribution in [1.82, 2.24) is 4.90 Å². The lowest BCUT2D eigenvalue weighted by Gasteiger charge is -2.27. The Labute approximate surface area is 79.5 Å². The summed E-state index contributed by atoms with van der Waals surface area (Å²) < 4.78 is 5.10. The Hall–Kier alpha value is -0.770. The molecule has 0 unspecified atom stereocenters. The number of hydrogen-bond acceptors (Lipinski definition) is 3.